The van der Waals surface area contributed by atoms with Gasteiger partial charge in [-0.2, -0.15) is 0 Å². The van der Waals surface area contributed by atoms with Gasteiger partial charge in [0.1, 0.15) is 0 Å². The first-order valence-electron chi connectivity index (χ1n) is 4.22. The maximum Gasteiger partial charge on any atom is 0.0876 e. The maximum atomic E-state index is 5.21. The van der Waals surface area contributed by atoms with Gasteiger partial charge in [0.2, 0.25) is 0 Å². The van der Waals surface area contributed by atoms with Gasteiger partial charge < -0.3 is 9.47 Å². The predicted molar refractivity (Wildman–Crippen MR) is 44.3 cm³/mol. The van der Waals surface area contributed by atoms with E-state index in [4.69, 9.17) is 9.47 Å². The lowest BCUT2D eigenvalue weighted by Crippen LogP contribution is -2.09. The summed E-state index contributed by atoms with van der Waals surface area (Å²) >= 11 is 0. The van der Waals surface area contributed by atoms with Gasteiger partial charge in [0.25, 0.3) is 0 Å². The summed E-state index contributed by atoms with van der Waals surface area (Å²) in [6.07, 6.45) is 4.30. The lowest BCUT2D eigenvalue weighted by molar-refractivity contribution is 0.203. The van der Waals surface area contributed by atoms with Crippen molar-refractivity contribution in [2.45, 2.75) is 25.9 Å². The van der Waals surface area contributed by atoms with E-state index in [9.17, 15) is 0 Å². The molecule has 0 amide bonds. The molecule has 0 saturated carbocycles. The van der Waals surface area contributed by atoms with Crippen molar-refractivity contribution in [1.82, 2.24) is 0 Å². The van der Waals surface area contributed by atoms with Gasteiger partial charge in [-0.3, -0.25) is 0 Å². The van der Waals surface area contributed by atoms with Crippen LogP contribution >= 0.6 is 0 Å². The molecule has 64 valence electrons. The fourth-order valence-electron chi connectivity index (χ4n) is 1.28. The highest BCUT2D eigenvalue weighted by Gasteiger charge is 2.30. The molecule has 0 aromatic heterocycles. The second-order valence-electron chi connectivity index (χ2n) is 2.87. The van der Waals surface area contributed by atoms with Crippen molar-refractivity contribution in [3.05, 3.63) is 12.8 Å². The second-order valence-corrected chi connectivity index (χ2v) is 2.87. The summed E-state index contributed by atoms with van der Waals surface area (Å²) in [6.45, 7) is 7.42. The van der Waals surface area contributed by atoms with Crippen molar-refractivity contribution < 1.29 is 9.47 Å². The first-order valence-corrected chi connectivity index (χ1v) is 4.22. The summed E-state index contributed by atoms with van der Waals surface area (Å²) in [7, 11) is 0. The van der Waals surface area contributed by atoms with E-state index in [0.717, 1.165) is 19.6 Å². The standard InChI is InChI=1S/C9H16O2/c1-3-8(9-7-11-9)5-6-10-4-2/h4,8-9H,2-3,5-7H2,1H3. The van der Waals surface area contributed by atoms with E-state index >= 15 is 0 Å². The molecule has 1 aliphatic rings. The monoisotopic (exact) mass is 156 g/mol. The zero-order chi connectivity index (χ0) is 8.10. The third-order valence-corrected chi connectivity index (χ3v) is 2.13. The summed E-state index contributed by atoms with van der Waals surface area (Å²) in [5.74, 6) is 0.690. The lowest BCUT2D eigenvalue weighted by Gasteiger charge is -2.10. The molecule has 0 aromatic carbocycles. The minimum Gasteiger partial charge on any atom is -0.502 e. The van der Waals surface area contributed by atoms with Gasteiger partial charge in [0.05, 0.1) is 25.6 Å². The Labute approximate surface area is 68.2 Å². The van der Waals surface area contributed by atoms with Crippen molar-refractivity contribution in [2.24, 2.45) is 5.92 Å². The Balaban J connectivity index is 2.05. The topological polar surface area (TPSA) is 21.8 Å². The molecule has 1 fully saturated rings. The highest BCUT2D eigenvalue weighted by molar-refractivity contribution is 4.78. The molecule has 11 heavy (non-hydrogen) atoms. The first kappa shape index (κ1) is 8.60. The minimum atomic E-state index is 0.522. The fourth-order valence-corrected chi connectivity index (χ4v) is 1.28. The molecule has 2 nitrogen and oxygen atoms in total. The van der Waals surface area contributed by atoms with Gasteiger partial charge in [-0.25, -0.2) is 0 Å². The van der Waals surface area contributed by atoms with Crippen LogP contribution in [0.25, 0.3) is 0 Å². The Kier molecular flexibility index (Phi) is 3.43. The highest BCUT2D eigenvalue weighted by atomic mass is 16.6. The van der Waals surface area contributed by atoms with Crippen LogP contribution in [0.5, 0.6) is 0 Å². The molecule has 2 atom stereocenters. The number of ether oxygens (including phenoxy) is 2. The van der Waals surface area contributed by atoms with E-state index < -0.39 is 0 Å². The van der Waals surface area contributed by atoms with E-state index in [2.05, 4.69) is 13.5 Å². The average Bonchev–Trinajstić information content (AvgIpc) is 2.81. The van der Waals surface area contributed by atoms with Crippen LogP contribution in [0.3, 0.4) is 0 Å². The Morgan fingerprint density at radius 1 is 1.82 bits per heavy atom. The Bertz CT molecular complexity index is 119. The minimum absolute atomic E-state index is 0.522. The Hall–Kier alpha value is -0.500. The molecule has 0 N–H and O–H groups in total. The number of epoxide rings is 1. The summed E-state index contributed by atoms with van der Waals surface area (Å²) in [4.78, 5) is 0. The van der Waals surface area contributed by atoms with E-state index in [0.29, 0.717) is 12.0 Å². The van der Waals surface area contributed by atoms with Crippen LogP contribution in [-0.4, -0.2) is 19.3 Å². The summed E-state index contributed by atoms with van der Waals surface area (Å²) in [5, 5.41) is 0. The van der Waals surface area contributed by atoms with E-state index in [1.54, 1.807) is 0 Å². The van der Waals surface area contributed by atoms with Crippen LogP contribution < -0.4 is 0 Å². The third kappa shape index (κ3) is 2.93. The first-order chi connectivity index (χ1) is 5.38. The van der Waals surface area contributed by atoms with Crippen molar-refractivity contribution >= 4 is 0 Å². The van der Waals surface area contributed by atoms with Gasteiger partial charge in [0.15, 0.2) is 0 Å². The lowest BCUT2D eigenvalue weighted by atomic mass is 10.00. The van der Waals surface area contributed by atoms with Gasteiger partial charge in [-0.1, -0.05) is 19.9 Å². The third-order valence-electron chi connectivity index (χ3n) is 2.13. The number of rotatable bonds is 6. The molecular formula is C9H16O2. The predicted octanol–water partition coefficient (Wildman–Crippen LogP) is 1.96. The normalized spacial score (nSPS) is 24.3. The molecule has 0 aliphatic carbocycles. The SMILES string of the molecule is C=COCCC(CC)C1CO1. The van der Waals surface area contributed by atoms with Gasteiger partial charge in [-0.15, -0.1) is 0 Å². The van der Waals surface area contributed by atoms with E-state index in [1.165, 1.54) is 12.7 Å². The molecule has 2 unspecified atom stereocenters. The van der Waals surface area contributed by atoms with Gasteiger partial charge >= 0.3 is 0 Å². The zero-order valence-electron chi connectivity index (χ0n) is 7.08. The molecule has 1 rings (SSSR count). The van der Waals surface area contributed by atoms with Crippen molar-refractivity contribution in [3.8, 4) is 0 Å². The molecule has 2 heteroatoms. The Morgan fingerprint density at radius 3 is 3.00 bits per heavy atom. The van der Waals surface area contributed by atoms with Gasteiger partial charge in [0, 0.05) is 0 Å². The van der Waals surface area contributed by atoms with Gasteiger partial charge in [-0.05, 0) is 12.3 Å². The van der Waals surface area contributed by atoms with E-state index in [-0.39, 0.29) is 0 Å². The van der Waals surface area contributed by atoms with Crippen LogP contribution in [0.1, 0.15) is 19.8 Å². The second kappa shape index (κ2) is 4.39. The number of hydrogen-bond acceptors (Lipinski definition) is 2. The molecule has 0 spiro atoms. The zero-order valence-corrected chi connectivity index (χ0v) is 7.08. The van der Waals surface area contributed by atoms with Crippen LogP contribution in [0.4, 0.5) is 0 Å². The van der Waals surface area contributed by atoms with Crippen LogP contribution in [0, 0.1) is 5.92 Å². The van der Waals surface area contributed by atoms with Crippen molar-refractivity contribution in [3.63, 3.8) is 0 Å². The van der Waals surface area contributed by atoms with Crippen molar-refractivity contribution in [1.29, 1.82) is 0 Å². The van der Waals surface area contributed by atoms with Crippen molar-refractivity contribution in [2.75, 3.05) is 13.2 Å². The molecule has 0 bridgehead atoms. The smallest absolute Gasteiger partial charge is 0.0876 e. The molecule has 1 aliphatic heterocycles. The Morgan fingerprint density at radius 2 is 2.55 bits per heavy atom. The molecular weight excluding hydrogens is 140 g/mol. The molecule has 1 saturated heterocycles. The maximum absolute atomic E-state index is 5.21. The largest absolute Gasteiger partial charge is 0.502 e. The highest BCUT2D eigenvalue weighted by Crippen LogP contribution is 2.25. The summed E-state index contributed by atoms with van der Waals surface area (Å²) in [6, 6.07) is 0. The average molecular weight is 156 g/mol. The summed E-state index contributed by atoms with van der Waals surface area (Å²) in [5.41, 5.74) is 0. The van der Waals surface area contributed by atoms with E-state index in [1.807, 2.05) is 0 Å². The van der Waals surface area contributed by atoms with Crippen LogP contribution in [0.2, 0.25) is 0 Å². The fraction of sp³-hybridized carbons (Fsp3) is 0.778. The molecule has 1 heterocycles. The van der Waals surface area contributed by atoms with Crippen LogP contribution in [-0.2, 0) is 9.47 Å². The number of hydrogen-bond donors (Lipinski definition) is 0. The molecule has 0 aromatic rings. The van der Waals surface area contributed by atoms with Crippen LogP contribution in [0.15, 0.2) is 12.8 Å². The summed E-state index contributed by atoms with van der Waals surface area (Å²) < 4.78 is 10.3. The molecule has 0 radical (unpaired) electrons. The quantitative estimate of drug-likeness (QED) is 0.333.